The van der Waals surface area contributed by atoms with Crippen LogP contribution in [0.25, 0.3) is 0 Å². The molecule has 0 saturated heterocycles. The number of Topliss-reactive ketones (excluding diaryl/α,β-unsaturated/α-hetero) is 1. The first-order valence-corrected chi connectivity index (χ1v) is 8.70. The first-order valence-electron chi connectivity index (χ1n) is 6.27. The minimum absolute atomic E-state index is 0.117. The number of thiophene rings is 1. The highest BCUT2D eigenvalue weighted by molar-refractivity contribution is 7.89. The molecular weight excluding hydrogens is 342 g/mol. The highest BCUT2D eigenvalue weighted by Gasteiger charge is 2.19. The van der Waals surface area contributed by atoms with Gasteiger partial charge in [-0.2, -0.15) is 0 Å². The van der Waals surface area contributed by atoms with Crippen LogP contribution in [0.3, 0.4) is 0 Å². The molecule has 2 aromatic rings. The third kappa shape index (κ3) is 4.15. The number of benzene rings is 1. The van der Waals surface area contributed by atoms with E-state index in [2.05, 4.69) is 0 Å². The van der Waals surface area contributed by atoms with Gasteiger partial charge in [-0.1, -0.05) is 6.07 Å². The maximum absolute atomic E-state index is 12.1. The lowest BCUT2D eigenvalue weighted by molar-refractivity contribution is 0.0472. The van der Waals surface area contributed by atoms with Gasteiger partial charge in [0.15, 0.2) is 6.61 Å². The van der Waals surface area contributed by atoms with E-state index in [1.54, 1.807) is 17.5 Å². The zero-order valence-corrected chi connectivity index (χ0v) is 13.6. The van der Waals surface area contributed by atoms with E-state index in [-0.39, 0.29) is 22.0 Å². The molecule has 0 aliphatic heterocycles. The zero-order chi connectivity index (χ0) is 17.0. The van der Waals surface area contributed by atoms with E-state index in [0.29, 0.717) is 4.88 Å². The first-order chi connectivity index (χ1) is 10.8. The van der Waals surface area contributed by atoms with Gasteiger partial charge in [0.1, 0.15) is 11.3 Å². The lowest BCUT2D eigenvalue weighted by Crippen LogP contribution is -2.16. The molecule has 0 aliphatic carbocycles. The molecule has 0 amide bonds. The summed E-state index contributed by atoms with van der Waals surface area (Å²) in [5.41, 5.74) is -0.127. The molecule has 122 valence electrons. The molecule has 1 heterocycles. The number of sulfonamides is 1. The number of ether oxygens (including phenoxy) is 2. The molecule has 2 N–H and O–H groups in total. The highest BCUT2D eigenvalue weighted by atomic mass is 32.2. The van der Waals surface area contributed by atoms with E-state index in [1.165, 1.54) is 30.6 Å². The van der Waals surface area contributed by atoms with Crippen molar-refractivity contribution in [2.45, 2.75) is 4.90 Å². The number of ketones is 1. The summed E-state index contributed by atoms with van der Waals surface area (Å²) in [5.74, 6) is -1.11. The van der Waals surface area contributed by atoms with Crippen LogP contribution < -0.4 is 9.88 Å². The van der Waals surface area contributed by atoms with Crippen LogP contribution in [0.15, 0.2) is 40.6 Å². The largest absolute Gasteiger partial charge is 0.496 e. The van der Waals surface area contributed by atoms with Gasteiger partial charge in [0.25, 0.3) is 0 Å². The van der Waals surface area contributed by atoms with Crippen LogP contribution in [-0.2, 0) is 14.8 Å². The quantitative estimate of drug-likeness (QED) is 0.620. The van der Waals surface area contributed by atoms with E-state index in [1.807, 2.05) is 0 Å². The van der Waals surface area contributed by atoms with Gasteiger partial charge in [-0.25, -0.2) is 18.4 Å². The van der Waals surface area contributed by atoms with E-state index < -0.39 is 22.6 Å². The molecule has 1 aromatic carbocycles. The van der Waals surface area contributed by atoms with Crippen molar-refractivity contribution in [3.05, 3.63) is 46.2 Å². The molecule has 23 heavy (non-hydrogen) atoms. The van der Waals surface area contributed by atoms with Crippen molar-refractivity contribution in [3.8, 4) is 5.75 Å². The Kier molecular flexibility index (Phi) is 5.14. The Bertz CT molecular complexity index is 827. The van der Waals surface area contributed by atoms with Gasteiger partial charge in [0.05, 0.1) is 16.9 Å². The highest BCUT2D eigenvalue weighted by Crippen LogP contribution is 2.23. The average molecular weight is 355 g/mol. The molecule has 1 aromatic heterocycles. The van der Waals surface area contributed by atoms with Crippen LogP contribution in [-0.4, -0.2) is 33.9 Å². The fourth-order valence-corrected chi connectivity index (χ4v) is 2.93. The number of nitrogens with two attached hydrogens (primary N) is 1. The summed E-state index contributed by atoms with van der Waals surface area (Å²) in [6.07, 6.45) is 0. The number of carbonyl (C=O) groups excluding carboxylic acids is 2. The molecule has 0 saturated carbocycles. The second-order valence-corrected chi connectivity index (χ2v) is 6.89. The number of rotatable bonds is 6. The molecule has 7 nitrogen and oxygen atoms in total. The lowest BCUT2D eigenvalue weighted by Gasteiger charge is -2.09. The number of esters is 1. The number of methoxy groups -OCH3 is 1. The Morgan fingerprint density at radius 2 is 2.00 bits per heavy atom. The molecule has 9 heteroatoms. The van der Waals surface area contributed by atoms with Crippen LogP contribution in [0, 0.1) is 0 Å². The summed E-state index contributed by atoms with van der Waals surface area (Å²) in [6.45, 7) is -0.456. The lowest BCUT2D eigenvalue weighted by atomic mass is 10.2. The summed E-state index contributed by atoms with van der Waals surface area (Å²) >= 11 is 1.23. The number of hydrogen-bond acceptors (Lipinski definition) is 7. The van der Waals surface area contributed by atoms with E-state index in [4.69, 9.17) is 14.6 Å². The Balaban J connectivity index is 2.19. The number of hydrogen-bond donors (Lipinski definition) is 1. The molecule has 2 rings (SSSR count). The van der Waals surface area contributed by atoms with Gasteiger partial charge in [-0.05, 0) is 29.6 Å². The van der Waals surface area contributed by atoms with Crippen molar-refractivity contribution < 1.29 is 27.5 Å². The van der Waals surface area contributed by atoms with Crippen LogP contribution in [0.5, 0.6) is 5.75 Å². The second kappa shape index (κ2) is 6.90. The smallest absolute Gasteiger partial charge is 0.342 e. The monoisotopic (exact) mass is 355 g/mol. The average Bonchev–Trinajstić information content (AvgIpc) is 3.05. The first kappa shape index (κ1) is 17.1. The summed E-state index contributed by atoms with van der Waals surface area (Å²) in [5, 5.41) is 6.76. The minimum Gasteiger partial charge on any atom is -0.496 e. The van der Waals surface area contributed by atoms with Crippen molar-refractivity contribution in [1.82, 2.24) is 0 Å². The van der Waals surface area contributed by atoms with E-state index in [9.17, 15) is 18.0 Å². The van der Waals surface area contributed by atoms with Crippen molar-refractivity contribution in [2.75, 3.05) is 13.7 Å². The Morgan fingerprint density at radius 3 is 2.57 bits per heavy atom. The van der Waals surface area contributed by atoms with Crippen molar-refractivity contribution >= 4 is 33.1 Å². The Hall–Kier alpha value is -2.23. The van der Waals surface area contributed by atoms with Gasteiger partial charge < -0.3 is 9.47 Å². The summed E-state index contributed by atoms with van der Waals surface area (Å²) in [6, 6.07) is 6.87. The van der Waals surface area contributed by atoms with Crippen LogP contribution in [0.4, 0.5) is 0 Å². The molecule has 0 spiro atoms. The number of primary sulfonamides is 1. The van der Waals surface area contributed by atoms with Gasteiger partial charge in [-0.3, -0.25) is 4.79 Å². The normalized spacial score (nSPS) is 11.0. The van der Waals surface area contributed by atoms with Crippen molar-refractivity contribution in [1.29, 1.82) is 0 Å². The van der Waals surface area contributed by atoms with Gasteiger partial charge in [0.2, 0.25) is 15.8 Å². The van der Waals surface area contributed by atoms with Crippen molar-refractivity contribution in [2.24, 2.45) is 5.14 Å². The Labute approximate surface area is 136 Å². The van der Waals surface area contributed by atoms with Gasteiger partial charge in [0, 0.05) is 0 Å². The Morgan fingerprint density at radius 1 is 1.26 bits per heavy atom. The predicted octanol–water partition coefficient (Wildman–Crippen LogP) is 1.44. The molecular formula is C14H13NO6S2. The van der Waals surface area contributed by atoms with Crippen LogP contribution >= 0.6 is 11.3 Å². The molecule has 0 aliphatic rings. The SMILES string of the molecule is COc1ccc(S(N)(=O)=O)cc1C(=O)OCC(=O)c1cccs1. The van der Waals surface area contributed by atoms with E-state index >= 15 is 0 Å². The molecule has 0 fully saturated rings. The molecule has 0 atom stereocenters. The summed E-state index contributed by atoms with van der Waals surface area (Å²) in [4.78, 5) is 24.1. The van der Waals surface area contributed by atoms with Crippen LogP contribution in [0.2, 0.25) is 0 Å². The molecule has 0 radical (unpaired) electrons. The maximum atomic E-state index is 12.1. The fraction of sp³-hybridized carbons (Fsp3) is 0.143. The maximum Gasteiger partial charge on any atom is 0.342 e. The molecule has 0 bridgehead atoms. The predicted molar refractivity (Wildman–Crippen MR) is 83.3 cm³/mol. The topological polar surface area (TPSA) is 113 Å². The summed E-state index contributed by atoms with van der Waals surface area (Å²) < 4.78 is 32.6. The molecule has 0 unspecified atom stereocenters. The summed E-state index contributed by atoms with van der Waals surface area (Å²) in [7, 11) is -2.66. The second-order valence-electron chi connectivity index (χ2n) is 4.38. The third-order valence-corrected chi connectivity index (χ3v) is 4.67. The van der Waals surface area contributed by atoms with E-state index in [0.717, 1.165) is 6.07 Å². The zero-order valence-electron chi connectivity index (χ0n) is 12.0. The third-order valence-electron chi connectivity index (χ3n) is 2.85. The van der Waals surface area contributed by atoms with Gasteiger partial charge in [-0.15, -0.1) is 11.3 Å². The van der Waals surface area contributed by atoms with Crippen LogP contribution in [0.1, 0.15) is 20.0 Å². The standard InChI is InChI=1S/C14H13NO6S2/c1-20-12-5-4-9(23(15,18)19)7-10(12)14(17)21-8-11(16)13-3-2-6-22-13/h2-7H,8H2,1H3,(H2,15,18,19). The van der Waals surface area contributed by atoms with Gasteiger partial charge >= 0.3 is 5.97 Å². The minimum atomic E-state index is -3.98. The number of carbonyl (C=O) groups is 2. The fourth-order valence-electron chi connectivity index (χ4n) is 1.74. The van der Waals surface area contributed by atoms with Crippen molar-refractivity contribution in [3.63, 3.8) is 0 Å².